The van der Waals surface area contributed by atoms with Crippen LogP contribution in [0, 0.1) is 0 Å². The van der Waals surface area contributed by atoms with Gasteiger partial charge in [0.05, 0.1) is 17.4 Å². The molecular formula is C18H29NO3. The summed E-state index contributed by atoms with van der Waals surface area (Å²) in [5, 5.41) is 0. The lowest BCUT2D eigenvalue weighted by Crippen LogP contribution is -2.45. The first-order valence-electron chi connectivity index (χ1n) is 8.10. The molecule has 1 rings (SSSR count). The van der Waals surface area contributed by atoms with Crippen molar-refractivity contribution in [3.8, 4) is 0 Å². The predicted molar refractivity (Wildman–Crippen MR) is 89.2 cm³/mol. The monoisotopic (exact) mass is 307 g/mol. The topological polar surface area (TPSA) is 61.5 Å². The number of nitrogens with two attached hydrogens (primary N) is 1. The molecule has 0 radical (unpaired) electrons. The highest BCUT2D eigenvalue weighted by molar-refractivity contribution is 5.90. The fourth-order valence-corrected chi connectivity index (χ4v) is 2.92. The molecule has 1 aliphatic rings. The Bertz CT molecular complexity index is 438. The first-order valence-corrected chi connectivity index (χ1v) is 8.10. The molecule has 124 valence electrons. The summed E-state index contributed by atoms with van der Waals surface area (Å²) in [5.41, 5.74) is 6.79. The van der Waals surface area contributed by atoms with Crippen molar-refractivity contribution in [2.24, 2.45) is 5.73 Å². The van der Waals surface area contributed by atoms with Crippen LogP contribution in [-0.4, -0.2) is 24.3 Å². The molecule has 1 aliphatic carbocycles. The molecule has 4 heteroatoms. The second kappa shape index (κ2) is 8.79. The largest absolute Gasteiger partial charge is 0.458 e. The predicted octanol–water partition coefficient (Wildman–Crippen LogP) is 3.63. The van der Waals surface area contributed by atoms with Crippen LogP contribution in [0.4, 0.5) is 0 Å². The van der Waals surface area contributed by atoms with E-state index in [-0.39, 0.29) is 18.7 Å². The van der Waals surface area contributed by atoms with Gasteiger partial charge in [-0.2, -0.15) is 0 Å². The van der Waals surface area contributed by atoms with Gasteiger partial charge in [0.2, 0.25) is 0 Å². The SMILES string of the molecule is C=CCOC(=O)C1=C(N)C(CC=C)(OC(CC)CC)CCC1. The molecule has 0 spiro atoms. The van der Waals surface area contributed by atoms with E-state index in [0.29, 0.717) is 24.1 Å². The molecule has 1 unspecified atom stereocenters. The lowest BCUT2D eigenvalue weighted by atomic mass is 9.80. The van der Waals surface area contributed by atoms with E-state index in [1.165, 1.54) is 0 Å². The average molecular weight is 307 g/mol. The van der Waals surface area contributed by atoms with Crippen molar-refractivity contribution in [1.29, 1.82) is 0 Å². The molecule has 0 bridgehead atoms. The highest BCUT2D eigenvalue weighted by Gasteiger charge is 2.40. The number of ether oxygens (including phenoxy) is 2. The Morgan fingerprint density at radius 1 is 1.36 bits per heavy atom. The molecule has 0 aromatic carbocycles. The number of carbonyl (C=O) groups excluding carboxylic acids is 1. The molecule has 0 fully saturated rings. The molecule has 0 aromatic rings. The fraction of sp³-hybridized carbons (Fsp3) is 0.611. The molecule has 0 saturated heterocycles. The number of rotatable bonds is 9. The zero-order valence-corrected chi connectivity index (χ0v) is 13.9. The molecule has 0 amide bonds. The minimum absolute atomic E-state index is 0.127. The summed E-state index contributed by atoms with van der Waals surface area (Å²) in [6.45, 7) is 11.8. The number of carbonyl (C=O) groups is 1. The number of hydrogen-bond acceptors (Lipinski definition) is 4. The van der Waals surface area contributed by atoms with Gasteiger partial charge in [-0.1, -0.05) is 32.6 Å². The Labute approximate surface area is 134 Å². The molecule has 2 N–H and O–H groups in total. The Kier molecular flexibility index (Phi) is 7.39. The highest BCUT2D eigenvalue weighted by Crippen LogP contribution is 2.39. The molecule has 22 heavy (non-hydrogen) atoms. The van der Waals surface area contributed by atoms with E-state index in [0.717, 1.165) is 25.7 Å². The lowest BCUT2D eigenvalue weighted by Gasteiger charge is -2.40. The van der Waals surface area contributed by atoms with E-state index in [1.54, 1.807) is 6.08 Å². The van der Waals surface area contributed by atoms with Gasteiger partial charge in [-0.15, -0.1) is 6.58 Å². The Balaban J connectivity index is 3.11. The molecule has 4 nitrogen and oxygen atoms in total. The Morgan fingerprint density at radius 2 is 2.05 bits per heavy atom. The third-order valence-corrected chi connectivity index (χ3v) is 4.18. The summed E-state index contributed by atoms with van der Waals surface area (Å²) in [4.78, 5) is 12.2. The van der Waals surface area contributed by atoms with Crippen molar-refractivity contribution < 1.29 is 14.3 Å². The molecule has 1 atom stereocenters. The third kappa shape index (κ3) is 4.23. The van der Waals surface area contributed by atoms with Gasteiger partial charge in [0.1, 0.15) is 12.2 Å². The van der Waals surface area contributed by atoms with Gasteiger partial charge in [0.25, 0.3) is 0 Å². The van der Waals surface area contributed by atoms with Crippen molar-refractivity contribution >= 4 is 5.97 Å². The van der Waals surface area contributed by atoms with Gasteiger partial charge in [0.15, 0.2) is 0 Å². The zero-order chi connectivity index (χ0) is 16.6. The smallest absolute Gasteiger partial charge is 0.336 e. The second-order valence-electron chi connectivity index (χ2n) is 5.68. The second-order valence-corrected chi connectivity index (χ2v) is 5.68. The van der Waals surface area contributed by atoms with Crippen LogP contribution in [0.2, 0.25) is 0 Å². The number of esters is 1. The van der Waals surface area contributed by atoms with E-state index in [9.17, 15) is 4.79 Å². The molecular weight excluding hydrogens is 278 g/mol. The minimum Gasteiger partial charge on any atom is -0.458 e. The Morgan fingerprint density at radius 3 is 2.59 bits per heavy atom. The van der Waals surface area contributed by atoms with Crippen LogP contribution in [0.15, 0.2) is 36.6 Å². The van der Waals surface area contributed by atoms with Crippen molar-refractivity contribution in [1.82, 2.24) is 0 Å². The van der Waals surface area contributed by atoms with Crippen LogP contribution in [0.5, 0.6) is 0 Å². The average Bonchev–Trinajstić information content (AvgIpc) is 2.53. The van der Waals surface area contributed by atoms with Crippen molar-refractivity contribution in [2.75, 3.05) is 6.61 Å². The Hall–Kier alpha value is -1.55. The summed E-state index contributed by atoms with van der Waals surface area (Å²) >= 11 is 0. The third-order valence-electron chi connectivity index (χ3n) is 4.18. The normalized spacial score (nSPS) is 21.8. The molecule has 0 aromatic heterocycles. The summed E-state index contributed by atoms with van der Waals surface area (Å²) < 4.78 is 11.5. The maximum Gasteiger partial charge on any atom is 0.336 e. The first-order chi connectivity index (χ1) is 10.5. The molecule has 0 aliphatic heterocycles. The standard InChI is InChI=1S/C18H29NO3/c1-5-11-18(22-14(7-3)8-4)12-9-10-15(16(18)19)17(20)21-13-6-2/h5-6,14H,1-2,7-13,19H2,3-4H3. The van der Waals surface area contributed by atoms with Crippen LogP contribution in [-0.2, 0) is 14.3 Å². The van der Waals surface area contributed by atoms with Crippen LogP contribution in [0.3, 0.4) is 0 Å². The zero-order valence-electron chi connectivity index (χ0n) is 13.9. The lowest BCUT2D eigenvalue weighted by molar-refractivity contribution is -0.139. The number of hydrogen-bond donors (Lipinski definition) is 1. The highest BCUT2D eigenvalue weighted by atomic mass is 16.5. The van der Waals surface area contributed by atoms with Gasteiger partial charge in [-0.25, -0.2) is 4.79 Å². The summed E-state index contributed by atoms with van der Waals surface area (Å²) in [5.74, 6) is -0.362. The van der Waals surface area contributed by atoms with Crippen LogP contribution in [0.25, 0.3) is 0 Å². The van der Waals surface area contributed by atoms with Gasteiger partial charge in [-0.3, -0.25) is 0 Å². The maximum atomic E-state index is 12.2. The van der Waals surface area contributed by atoms with Gasteiger partial charge < -0.3 is 15.2 Å². The summed E-state index contributed by atoms with van der Waals surface area (Å²) in [6, 6.07) is 0. The van der Waals surface area contributed by atoms with E-state index < -0.39 is 5.60 Å². The fourth-order valence-electron chi connectivity index (χ4n) is 2.92. The van der Waals surface area contributed by atoms with Gasteiger partial charge in [0, 0.05) is 0 Å². The molecule has 0 saturated carbocycles. The van der Waals surface area contributed by atoms with Crippen LogP contribution in [0.1, 0.15) is 52.4 Å². The van der Waals surface area contributed by atoms with Crippen LogP contribution >= 0.6 is 0 Å². The van der Waals surface area contributed by atoms with Gasteiger partial charge >= 0.3 is 5.97 Å². The van der Waals surface area contributed by atoms with Crippen LogP contribution < -0.4 is 5.73 Å². The summed E-state index contributed by atoms with van der Waals surface area (Å²) in [6.07, 6.45) is 8.22. The maximum absolute atomic E-state index is 12.2. The van der Waals surface area contributed by atoms with E-state index >= 15 is 0 Å². The summed E-state index contributed by atoms with van der Waals surface area (Å²) in [7, 11) is 0. The van der Waals surface area contributed by atoms with E-state index in [4.69, 9.17) is 15.2 Å². The minimum atomic E-state index is -0.626. The van der Waals surface area contributed by atoms with E-state index in [2.05, 4.69) is 27.0 Å². The van der Waals surface area contributed by atoms with Crippen molar-refractivity contribution in [2.45, 2.75) is 64.1 Å². The first kappa shape index (κ1) is 18.5. The van der Waals surface area contributed by atoms with Gasteiger partial charge in [-0.05, 0) is 38.5 Å². The van der Waals surface area contributed by atoms with Crippen molar-refractivity contribution in [3.05, 3.63) is 36.6 Å². The van der Waals surface area contributed by atoms with E-state index in [1.807, 2.05) is 6.08 Å². The molecule has 0 heterocycles. The van der Waals surface area contributed by atoms with Crippen molar-refractivity contribution in [3.63, 3.8) is 0 Å². The quantitative estimate of drug-likeness (QED) is 0.522.